The predicted molar refractivity (Wildman–Crippen MR) is 98.9 cm³/mol. The number of carbonyl (C=O) groups excluding carboxylic acids is 2. The van der Waals surface area contributed by atoms with Crippen LogP contribution in [0.2, 0.25) is 0 Å². The summed E-state index contributed by atoms with van der Waals surface area (Å²) < 4.78 is 6.32. The molecule has 6 nitrogen and oxygen atoms in total. The van der Waals surface area contributed by atoms with Gasteiger partial charge in [-0.3, -0.25) is 9.59 Å². The molecule has 1 spiro atoms. The Kier molecular flexibility index (Phi) is 4.19. The van der Waals surface area contributed by atoms with Crippen LogP contribution in [0.15, 0.2) is 24.3 Å². The molecule has 4 rings (SSSR count). The molecule has 2 amide bonds. The second-order valence-corrected chi connectivity index (χ2v) is 8.14. The van der Waals surface area contributed by atoms with E-state index in [0.717, 1.165) is 23.5 Å². The number of likely N-dealkylation sites (tertiary alicyclic amines) is 1. The van der Waals surface area contributed by atoms with Gasteiger partial charge in [0, 0.05) is 6.54 Å². The van der Waals surface area contributed by atoms with E-state index >= 15 is 0 Å². The van der Waals surface area contributed by atoms with Gasteiger partial charge in [-0.2, -0.15) is 0 Å². The van der Waals surface area contributed by atoms with E-state index in [4.69, 9.17) is 4.74 Å². The molecule has 1 aromatic heterocycles. The van der Waals surface area contributed by atoms with E-state index in [0.29, 0.717) is 35.8 Å². The third kappa shape index (κ3) is 2.96. The molecular weight excluding hydrogens is 350 g/mol. The zero-order valence-electron chi connectivity index (χ0n) is 14.9. The summed E-state index contributed by atoms with van der Waals surface area (Å²) in [7, 11) is 0. The van der Waals surface area contributed by atoms with Gasteiger partial charge >= 0.3 is 0 Å². The van der Waals surface area contributed by atoms with Gasteiger partial charge in [0.1, 0.15) is 16.2 Å². The predicted octanol–water partition coefficient (Wildman–Crippen LogP) is 2.56. The summed E-state index contributed by atoms with van der Waals surface area (Å²) in [6, 6.07) is 7.27. The van der Waals surface area contributed by atoms with E-state index < -0.39 is 5.60 Å². The summed E-state index contributed by atoms with van der Waals surface area (Å²) in [5, 5.41) is 3.86. The Balaban J connectivity index is 1.61. The van der Waals surface area contributed by atoms with Crippen LogP contribution in [0.3, 0.4) is 0 Å². The highest BCUT2D eigenvalue weighted by molar-refractivity contribution is 7.13. The van der Waals surface area contributed by atoms with E-state index in [1.54, 1.807) is 6.07 Å². The maximum Gasteiger partial charge on any atom is 0.265 e. The van der Waals surface area contributed by atoms with Gasteiger partial charge in [-0.1, -0.05) is 12.1 Å². The molecule has 0 bridgehead atoms. The van der Waals surface area contributed by atoms with Crippen molar-refractivity contribution in [1.82, 2.24) is 15.2 Å². The van der Waals surface area contributed by atoms with Crippen LogP contribution in [-0.4, -0.2) is 46.9 Å². The number of benzene rings is 1. The lowest BCUT2D eigenvalue weighted by atomic mass is 9.92. The average molecular weight is 371 g/mol. The third-order valence-corrected chi connectivity index (χ3v) is 6.01. The van der Waals surface area contributed by atoms with Gasteiger partial charge in [-0.15, -0.1) is 11.3 Å². The topological polar surface area (TPSA) is 71.5 Å². The summed E-state index contributed by atoms with van der Waals surface area (Å²) in [5.41, 5.74) is 0.725. The van der Waals surface area contributed by atoms with Crippen LogP contribution in [0.5, 0.6) is 5.75 Å². The Morgan fingerprint density at radius 2 is 2.15 bits per heavy atom. The van der Waals surface area contributed by atoms with Crippen molar-refractivity contribution in [2.75, 3.05) is 19.6 Å². The van der Waals surface area contributed by atoms with Gasteiger partial charge in [-0.25, -0.2) is 4.98 Å². The van der Waals surface area contributed by atoms with Crippen molar-refractivity contribution in [3.63, 3.8) is 0 Å². The molecule has 1 atom stereocenters. The number of nitrogens with zero attached hydrogens (tertiary/aromatic N) is 2. The van der Waals surface area contributed by atoms with Crippen LogP contribution in [0, 0.1) is 13.8 Å². The number of para-hydroxylation sites is 1. The minimum atomic E-state index is -0.593. The third-order valence-electron chi connectivity index (χ3n) is 4.95. The van der Waals surface area contributed by atoms with Crippen LogP contribution < -0.4 is 10.1 Å². The highest BCUT2D eigenvalue weighted by atomic mass is 32.1. The molecule has 0 radical (unpaired) electrons. The first-order chi connectivity index (χ1) is 12.5. The highest BCUT2D eigenvalue weighted by Crippen LogP contribution is 2.33. The first kappa shape index (κ1) is 17.0. The van der Waals surface area contributed by atoms with E-state index in [2.05, 4.69) is 10.3 Å². The van der Waals surface area contributed by atoms with Gasteiger partial charge in [0.25, 0.3) is 11.8 Å². The molecule has 1 aromatic carbocycles. The molecular formula is C19H21N3O3S. The van der Waals surface area contributed by atoms with Crippen LogP contribution in [-0.2, 0) is 0 Å². The van der Waals surface area contributed by atoms with Gasteiger partial charge in [0.2, 0.25) is 0 Å². The SMILES string of the molecule is Cc1nc(C)c(C(=O)N2CCC[C@]3(CNC(=O)c4ccccc4O3)C2)s1. The number of aromatic nitrogens is 1. The van der Waals surface area contributed by atoms with Crippen molar-refractivity contribution in [1.29, 1.82) is 0 Å². The Morgan fingerprint density at radius 1 is 1.35 bits per heavy atom. The molecule has 1 fully saturated rings. The van der Waals surface area contributed by atoms with Crippen LogP contribution in [0.1, 0.15) is 43.6 Å². The van der Waals surface area contributed by atoms with Crippen LogP contribution >= 0.6 is 11.3 Å². The Morgan fingerprint density at radius 3 is 2.92 bits per heavy atom. The maximum atomic E-state index is 13.0. The number of hydrogen-bond acceptors (Lipinski definition) is 5. The number of ether oxygens (including phenoxy) is 1. The molecule has 7 heteroatoms. The Hall–Kier alpha value is -2.41. The summed E-state index contributed by atoms with van der Waals surface area (Å²) >= 11 is 1.43. The standard InChI is InChI=1S/C19H21N3O3S/c1-12-16(26-13(2)21-12)18(24)22-9-5-8-19(11-22)10-20-17(23)14-6-3-4-7-15(14)25-19/h3-4,6-7H,5,8-11H2,1-2H3,(H,20,23)/t19-/m0/s1. The lowest BCUT2D eigenvalue weighted by molar-refractivity contribution is -0.000707. The van der Waals surface area contributed by atoms with E-state index in [1.807, 2.05) is 36.9 Å². The van der Waals surface area contributed by atoms with Crippen LogP contribution in [0.25, 0.3) is 0 Å². The van der Waals surface area contributed by atoms with Crippen molar-refractivity contribution in [2.24, 2.45) is 0 Å². The van der Waals surface area contributed by atoms with Gasteiger partial charge in [-0.05, 0) is 38.8 Å². The van der Waals surface area contributed by atoms with Crippen molar-refractivity contribution >= 4 is 23.2 Å². The quantitative estimate of drug-likeness (QED) is 0.836. The summed E-state index contributed by atoms with van der Waals surface area (Å²) in [6.07, 6.45) is 1.63. The van der Waals surface area contributed by atoms with Crippen molar-refractivity contribution in [3.05, 3.63) is 45.4 Å². The fourth-order valence-corrected chi connectivity index (χ4v) is 4.61. The Labute approximate surface area is 156 Å². The summed E-state index contributed by atoms with van der Waals surface area (Å²) in [6.45, 7) is 5.32. The first-order valence-corrected chi connectivity index (χ1v) is 9.59. The Bertz CT molecular complexity index is 879. The van der Waals surface area contributed by atoms with Gasteiger partial charge in [0.15, 0.2) is 0 Å². The van der Waals surface area contributed by atoms with Gasteiger partial charge < -0.3 is 15.0 Å². The minimum Gasteiger partial charge on any atom is -0.483 e. The molecule has 26 heavy (non-hydrogen) atoms. The zero-order chi connectivity index (χ0) is 18.3. The van der Waals surface area contributed by atoms with E-state index in [-0.39, 0.29) is 11.8 Å². The zero-order valence-corrected chi connectivity index (χ0v) is 15.7. The van der Waals surface area contributed by atoms with Gasteiger partial charge in [0.05, 0.1) is 29.4 Å². The molecule has 0 unspecified atom stereocenters. The average Bonchev–Trinajstić information content (AvgIpc) is 2.91. The molecule has 136 valence electrons. The van der Waals surface area contributed by atoms with Crippen LogP contribution in [0.4, 0.5) is 0 Å². The normalized spacial score (nSPS) is 22.4. The van der Waals surface area contributed by atoms with Crippen molar-refractivity contribution in [2.45, 2.75) is 32.3 Å². The van der Waals surface area contributed by atoms with Crippen molar-refractivity contribution < 1.29 is 14.3 Å². The largest absolute Gasteiger partial charge is 0.483 e. The number of nitrogens with one attached hydrogen (secondary N) is 1. The van der Waals surface area contributed by atoms with Crippen molar-refractivity contribution in [3.8, 4) is 5.75 Å². The van der Waals surface area contributed by atoms with E-state index in [1.165, 1.54) is 11.3 Å². The number of hydrogen-bond donors (Lipinski definition) is 1. The fraction of sp³-hybridized carbons (Fsp3) is 0.421. The molecule has 3 heterocycles. The molecule has 1 saturated heterocycles. The molecule has 1 N–H and O–H groups in total. The number of amides is 2. The second kappa shape index (κ2) is 6.39. The highest BCUT2D eigenvalue weighted by Gasteiger charge is 2.42. The first-order valence-electron chi connectivity index (χ1n) is 8.77. The second-order valence-electron chi connectivity index (χ2n) is 6.94. The molecule has 0 saturated carbocycles. The number of carbonyl (C=O) groups is 2. The smallest absolute Gasteiger partial charge is 0.265 e. The number of aryl methyl sites for hydroxylation is 2. The molecule has 0 aliphatic carbocycles. The minimum absolute atomic E-state index is 0.000339. The maximum absolute atomic E-state index is 13.0. The fourth-order valence-electron chi connectivity index (χ4n) is 3.72. The lowest BCUT2D eigenvalue weighted by Gasteiger charge is -2.42. The number of fused-ring (bicyclic) bond motifs is 1. The summed E-state index contributed by atoms with van der Waals surface area (Å²) in [4.78, 5) is 32.2. The number of piperidine rings is 1. The number of rotatable bonds is 1. The number of thiazole rings is 1. The monoisotopic (exact) mass is 371 g/mol. The molecule has 2 aliphatic rings. The molecule has 2 aliphatic heterocycles. The van der Waals surface area contributed by atoms with E-state index in [9.17, 15) is 9.59 Å². The lowest BCUT2D eigenvalue weighted by Crippen LogP contribution is -2.57. The summed E-state index contributed by atoms with van der Waals surface area (Å²) in [5.74, 6) is 0.455. The molecule has 2 aromatic rings.